The molecule has 0 bridgehead atoms. The van der Waals surface area contributed by atoms with E-state index in [0.29, 0.717) is 0 Å². The summed E-state index contributed by atoms with van der Waals surface area (Å²) in [6.45, 7) is 6.55. The number of aliphatic imine (C=N–C) groups is 1. The van der Waals surface area contributed by atoms with Crippen molar-refractivity contribution in [1.82, 2.24) is 14.8 Å². The molecule has 1 aliphatic heterocycles. The smallest absolute Gasteiger partial charge is 0.0754 e. The van der Waals surface area contributed by atoms with Gasteiger partial charge in [0.25, 0.3) is 0 Å². The molecule has 3 heterocycles. The Morgan fingerprint density at radius 3 is 2.56 bits per heavy atom. The van der Waals surface area contributed by atoms with E-state index in [0.717, 1.165) is 33.4 Å². The molecule has 0 saturated heterocycles. The average molecular weight is 352 g/mol. The molecule has 0 amide bonds. The Balaban J connectivity index is 1.63. The van der Waals surface area contributed by atoms with Crippen LogP contribution in [0.4, 0.5) is 5.69 Å². The van der Waals surface area contributed by atoms with Crippen LogP contribution in [0.5, 0.6) is 0 Å². The molecular weight excluding hydrogens is 332 g/mol. The van der Waals surface area contributed by atoms with Gasteiger partial charge in [0.15, 0.2) is 0 Å². The third-order valence-electron chi connectivity index (χ3n) is 5.44. The van der Waals surface area contributed by atoms with Gasteiger partial charge in [-0.15, -0.1) is 0 Å². The second-order valence-corrected chi connectivity index (χ2v) is 7.65. The second kappa shape index (κ2) is 5.61. The minimum Gasteiger partial charge on any atom is -0.264 e. The Labute approximate surface area is 158 Å². The fourth-order valence-corrected chi connectivity index (χ4v) is 3.87. The minimum atomic E-state index is -0.173. The number of hydrogen-bond acceptors (Lipinski definition) is 3. The quantitative estimate of drug-likeness (QED) is 0.501. The first-order chi connectivity index (χ1) is 13.0. The molecule has 4 heteroatoms. The molecule has 132 valence electrons. The van der Waals surface area contributed by atoms with Crippen molar-refractivity contribution in [2.45, 2.75) is 26.2 Å². The molecule has 5 rings (SSSR count). The van der Waals surface area contributed by atoms with Gasteiger partial charge in [-0.05, 0) is 30.7 Å². The van der Waals surface area contributed by atoms with Crippen molar-refractivity contribution < 1.29 is 0 Å². The first-order valence-corrected chi connectivity index (χ1v) is 9.12. The number of rotatable bonds is 2. The van der Waals surface area contributed by atoms with Crippen LogP contribution in [0.15, 0.2) is 72.2 Å². The monoisotopic (exact) mass is 352 g/mol. The third kappa shape index (κ3) is 2.40. The van der Waals surface area contributed by atoms with Gasteiger partial charge in [0.1, 0.15) is 0 Å². The van der Waals surface area contributed by atoms with Gasteiger partial charge < -0.3 is 0 Å². The topological polar surface area (TPSA) is 43.1 Å². The number of fused-ring (bicyclic) bond motifs is 3. The molecule has 0 fully saturated rings. The maximum absolute atomic E-state index is 5.06. The molecule has 1 aliphatic rings. The van der Waals surface area contributed by atoms with E-state index in [9.17, 15) is 0 Å². The summed E-state index contributed by atoms with van der Waals surface area (Å²) in [5.74, 6) is 0. The predicted molar refractivity (Wildman–Crippen MR) is 109 cm³/mol. The van der Waals surface area contributed by atoms with Crippen molar-refractivity contribution in [3.05, 3.63) is 83.9 Å². The highest BCUT2D eigenvalue weighted by molar-refractivity contribution is 6.15. The molecule has 4 aromatic rings. The number of pyridine rings is 1. The lowest BCUT2D eigenvalue weighted by Gasteiger charge is -2.21. The van der Waals surface area contributed by atoms with E-state index in [-0.39, 0.29) is 5.41 Å². The van der Waals surface area contributed by atoms with Crippen LogP contribution in [0, 0.1) is 6.92 Å². The summed E-state index contributed by atoms with van der Waals surface area (Å²) in [7, 11) is 0. The first-order valence-electron chi connectivity index (χ1n) is 9.12. The van der Waals surface area contributed by atoms with Crippen LogP contribution < -0.4 is 0 Å². The maximum Gasteiger partial charge on any atom is 0.0754 e. The Hall–Kier alpha value is -3.27. The summed E-state index contributed by atoms with van der Waals surface area (Å²) in [6, 6.07) is 14.7. The zero-order chi connectivity index (χ0) is 18.6. The van der Waals surface area contributed by atoms with Crippen LogP contribution in [0.1, 0.15) is 30.5 Å². The van der Waals surface area contributed by atoms with Gasteiger partial charge in [0, 0.05) is 40.3 Å². The third-order valence-corrected chi connectivity index (χ3v) is 5.44. The lowest BCUT2D eigenvalue weighted by Crippen LogP contribution is -2.26. The molecule has 0 aliphatic carbocycles. The number of benzene rings is 2. The highest BCUT2D eigenvalue weighted by Gasteiger charge is 2.37. The fourth-order valence-electron chi connectivity index (χ4n) is 3.87. The van der Waals surface area contributed by atoms with Gasteiger partial charge in [-0.25, -0.2) is 4.68 Å². The average Bonchev–Trinajstić information content (AvgIpc) is 3.25. The van der Waals surface area contributed by atoms with Crippen molar-refractivity contribution in [3.8, 4) is 5.69 Å². The highest BCUT2D eigenvalue weighted by Crippen LogP contribution is 2.45. The van der Waals surface area contributed by atoms with Gasteiger partial charge in [-0.3, -0.25) is 9.98 Å². The van der Waals surface area contributed by atoms with Crippen molar-refractivity contribution in [2.24, 2.45) is 4.99 Å². The van der Waals surface area contributed by atoms with Crippen molar-refractivity contribution in [1.29, 1.82) is 0 Å². The molecule has 0 N–H and O–H groups in total. The summed E-state index contributed by atoms with van der Waals surface area (Å²) < 4.78 is 1.92. The van der Waals surface area contributed by atoms with E-state index in [1.165, 1.54) is 11.1 Å². The molecular formula is C23H20N4. The number of nitrogens with zero attached hydrogens (tertiary/aromatic N) is 4. The second-order valence-electron chi connectivity index (χ2n) is 7.65. The van der Waals surface area contributed by atoms with E-state index < -0.39 is 0 Å². The summed E-state index contributed by atoms with van der Waals surface area (Å²) in [4.78, 5) is 9.29. The van der Waals surface area contributed by atoms with Crippen LogP contribution in [-0.2, 0) is 5.41 Å². The zero-order valence-corrected chi connectivity index (χ0v) is 15.6. The van der Waals surface area contributed by atoms with Crippen LogP contribution in [-0.4, -0.2) is 20.5 Å². The number of aromatic nitrogens is 3. The molecule has 0 unspecified atom stereocenters. The molecule has 0 spiro atoms. The standard InChI is InChI=1S/C23H20N4/c1-15-4-7-18(8-5-15)27-14-17(13-25-27)22-23(2,3)20-9-6-16-12-24-11-10-19(16)21(20)26-22/h4-14H,1-3H3. The summed E-state index contributed by atoms with van der Waals surface area (Å²) >= 11 is 0. The number of hydrogen-bond donors (Lipinski definition) is 0. The van der Waals surface area contributed by atoms with Gasteiger partial charge in [-0.1, -0.05) is 43.7 Å². The first kappa shape index (κ1) is 15.9. The Morgan fingerprint density at radius 1 is 0.926 bits per heavy atom. The van der Waals surface area contributed by atoms with Gasteiger partial charge in [0.2, 0.25) is 0 Å². The molecule has 0 saturated carbocycles. The molecule has 0 radical (unpaired) electrons. The zero-order valence-electron chi connectivity index (χ0n) is 15.6. The largest absolute Gasteiger partial charge is 0.264 e. The lowest BCUT2D eigenvalue weighted by molar-refractivity contribution is 0.738. The molecule has 2 aromatic heterocycles. The normalized spacial score (nSPS) is 15.0. The van der Waals surface area contributed by atoms with Crippen LogP contribution in [0.3, 0.4) is 0 Å². The van der Waals surface area contributed by atoms with Crippen LogP contribution >= 0.6 is 0 Å². The van der Waals surface area contributed by atoms with Crippen molar-refractivity contribution in [2.75, 3.05) is 0 Å². The van der Waals surface area contributed by atoms with E-state index in [1.54, 1.807) is 0 Å². The Kier molecular flexibility index (Phi) is 3.31. The molecule has 2 aromatic carbocycles. The van der Waals surface area contributed by atoms with Gasteiger partial charge >= 0.3 is 0 Å². The highest BCUT2D eigenvalue weighted by atomic mass is 15.3. The van der Waals surface area contributed by atoms with E-state index in [2.05, 4.69) is 73.4 Å². The fraction of sp³-hybridized carbons (Fsp3) is 0.174. The van der Waals surface area contributed by atoms with Gasteiger partial charge in [-0.2, -0.15) is 5.10 Å². The van der Waals surface area contributed by atoms with Crippen molar-refractivity contribution in [3.63, 3.8) is 0 Å². The molecule has 0 atom stereocenters. The lowest BCUT2D eigenvalue weighted by atomic mass is 9.79. The van der Waals surface area contributed by atoms with Crippen molar-refractivity contribution >= 4 is 22.2 Å². The summed E-state index contributed by atoms with van der Waals surface area (Å²) in [6.07, 6.45) is 7.71. The summed E-state index contributed by atoms with van der Waals surface area (Å²) in [5, 5.41) is 6.84. The Morgan fingerprint density at radius 2 is 1.74 bits per heavy atom. The van der Waals surface area contributed by atoms with Gasteiger partial charge in [0.05, 0.1) is 23.3 Å². The SMILES string of the molecule is Cc1ccc(-n2cc(C3=Nc4c(ccc5cnccc45)C3(C)C)cn2)cc1. The summed E-state index contributed by atoms with van der Waals surface area (Å²) in [5.41, 5.74) is 6.53. The number of aryl methyl sites for hydroxylation is 1. The van der Waals surface area contributed by atoms with E-state index >= 15 is 0 Å². The maximum atomic E-state index is 5.06. The Bertz CT molecular complexity index is 1200. The van der Waals surface area contributed by atoms with Crippen LogP contribution in [0.25, 0.3) is 16.5 Å². The van der Waals surface area contributed by atoms with E-state index in [4.69, 9.17) is 4.99 Å². The predicted octanol–water partition coefficient (Wildman–Crippen LogP) is 5.14. The molecule has 4 nitrogen and oxygen atoms in total. The van der Waals surface area contributed by atoms with E-state index in [1.807, 2.05) is 29.3 Å². The minimum absolute atomic E-state index is 0.173. The van der Waals surface area contributed by atoms with Crippen LogP contribution in [0.2, 0.25) is 0 Å². The molecule has 27 heavy (non-hydrogen) atoms.